The normalized spacial score (nSPS) is 12.6. The Morgan fingerprint density at radius 1 is 0.446 bits per heavy atom. The molecular weight excluding hydrogens is 723 g/mol. The van der Waals surface area contributed by atoms with Crippen LogP contribution in [0.4, 0.5) is 0 Å². The van der Waals surface area contributed by atoms with E-state index in [1.807, 2.05) is 0 Å². The number of allylic oxidation sites excluding steroid dienone is 4. The maximum atomic E-state index is 12.5. The summed E-state index contributed by atoms with van der Waals surface area (Å²) in [5.74, 6) is -0.877. The first-order chi connectivity index (χ1) is 27.3. The monoisotopic (exact) mass is 813 g/mol. The fraction of sp³-hybridized carbons (Fsp3) is 0.872. The molecule has 0 aliphatic carbocycles. The van der Waals surface area contributed by atoms with Crippen molar-refractivity contribution < 1.29 is 37.9 Å². The molecule has 56 heavy (non-hydrogen) atoms. The second-order valence-electron chi connectivity index (χ2n) is 16.1. The zero-order valence-corrected chi connectivity index (χ0v) is 37.4. The lowest BCUT2D eigenvalue weighted by molar-refractivity contribution is -0.161. The first-order valence-corrected chi connectivity index (χ1v) is 25.2. The van der Waals surface area contributed by atoms with Gasteiger partial charge in [-0.2, -0.15) is 0 Å². The summed E-state index contributed by atoms with van der Waals surface area (Å²) in [7, 11) is -4.75. The Morgan fingerprint density at radius 2 is 0.750 bits per heavy atom. The van der Waals surface area contributed by atoms with Gasteiger partial charge in [-0.15, -0.1) is 0 Å². The molecule has 0 aromatic rings. The molecule has 1 atom stereocenters. The molecule has 0 fully saturated rings. The van der Waals surface area contributed by atoms with Gasteiger partial charge in [0, 0.05) is 12.8 Å². The van der Waals surface area contributed by atoms with Crippen molar-refractivity contribution in [3.63, 3.8) is 0 Å². The SMILES string of the molecule is CCCCCC/C=C/CCCCCCCCCCCC(=O)OC[C@H](COP(=O)(O)O)OC(=O)CCCCCCCCCCCCC/C=C/CCCCCCCC. The fourth-order valence-corrected chi connectivity index (χ4v) is 7.25. The van der Waals surface area contributed by atoms with Crippen LogP contribution in [-0.4, -0.2) is 41.0 Å². The number of hydrogen-bond acceptors (Lipinski definition) is 6. The average molecular weight is 813 g/mol. The first kappa shape index (κ1) is 54.5. The summed E-state index contributed by atoms with van der Waals surface area (Å²) in [6.07, 6.45) is 50.4. The lowest BCUT2D eigenvalue weighted by Crippen LogP contribution is -2.29. The summed E-state index contributed by atoms with van der Waals surface area (Å²) in [6.45, 7) is 3.70. The van der Waals surface area contributed by atoms with E-state index in [-0.39, 0.29) is 19.4 Å². The molecule has 0 radical (unpaired) electrons. The number of hydrogen-bond donors (Lipinski definition) is 2. The third-order valence-corrected chi connectivity index (χ3v) is 10.9. The van der Waals surface area contributed by atoms with Gasteiger partial charge in [0.25, 0.3) is 0 Å². The van der Waals surface area contributed by atoms with Crippen molar-refractivity contribution in [2.24, 2.45) is 0 Å². The highest BCUT2D eigenvalue weighted by Gasteiger charge is 2.23. The number of ether oxygens (including phenoxy) is 2. The summed E-state index contributed by atoms with van der Waals surface area (Å²) in [5.41, 5.74) is 0. The van der Waals surface area contributed by atoms with Crippen LogP contribution in [0.15, 0.2) is 24.3 Å². The highest BCUT2D eigenvalue weighted by Crippen LogP contribution is 2.36. The topological polar surface area (TPSA) is 119 Å². The van der Waals surface area contributed by atoms with Gasteiger partial charge < -0.3 is 19.3 Å². The van der Waals surface area contributed by atoms with Crippen LogP contribution in [0, 0.1) is 0 Å². The molecule has 0 aromatic carbocycles. The second kappa shape index (κ2) is 43.1. The maximum Gasteiger partial charge on any atom is 0.469 e. The van der Waals surface area contributed by atoms with Gasteiger partial charge in [-0.05, 0) is 64.2 Å². The van der Waals surface area contributed by atoms with Crippen LogP contribution >= 0.6 is 7.82 Å². The van der Waals surface area contributed by atoms with Gasteiger partial charge in [0.15, 0.2) is 6.10 Å². The highest BCUT2D eigenvalue weighted by atomic mass is 31.2. The van der Waals surface area contributed by atoms with E-state index in [0.717, 1.165) is 38.5 Å². The Balaban J connectivity index is 3.83. The molecule has 0 unspecified atom stereocenters. The van der Waals surface area contributed by atoms with Gasteiger partial charge in [0.2, 0.25) is 0 Å². The third kappa shape index (κ3) is 45.2. The molecule has 9 heteroatoms. The maximum absolute atomic E-state index is 12.5. The molecule has 0 rings (SSSR count). The van der Waals surface area contributed by atoms with Gasteiger partial charge in [-0.3, -0.25) is 14.1 Å². The lowest BCUT2D eigenvalue weighted by atomic mass is 10.0. The van der Waals surface area contributed by atoms with Crippen LogP contribution in [0.2, 0.25) is 0 Å². The van der Waals surface area contributed by atoms with Crippen molar-refractivity contribution in [1.82, 2.24) is 0 Å². The third-order valence-electron chi connectivity index (χ3n) is 10.4. The van der Waals surface area contributed by atoms with E-state index < -0.39 is 32.5 Å². The highest BCUT2D eigenvalue weighted by molar-refractivity contribution is 7.46. The average Bonchev–Trinajstić information content (AvgIpc) is 3.17. The van der Waals surface area contributed by atoms with Gasteiger partial charge in [0.05, 0.1) is 6.61 Å². The van der Waals surface area contributed by atoms with E-state index in [2.05, 4.69) is 42.7 Å². The molecule has 8 nitrogen and oxygen atoms in total. The smallest absolute Gasteiger partial charge is 0.462 e. The van der Waals surface area contributed by atoms with Crippen LogP contribution in [-0.2, 0) is 28.2 Å². The summed E-state index contributed by atoms with van der Waals surface area (Å²) < 4.78 is 26.5. The van der Waals surface area contributed by atoms with Crippen LogP contribution in [0.1, 0.15) is 245 Å². The zero-order valence-electron chi connectivity index (χ0n) is 36.5. The summed E-state index contributed by atoms with van der Waals surface area (Å²) in [5, 5.41) is 0. The molecule has 0 aliphatic heterocycles. The Labute approximate surface area is 345 Å². The molecule has 0 amide bonds. The molecule has 0 bridgehead atoms. The minimum absolute atomic E-state index is 0.213. The Kier molecular flexibility index (Phi) is 42.0. The largest absolute Gasteiger partial charge is 0.469 e. The van der Waals surface area contributed by atoms with E-state index in [1.165, 1.54) is 173 Å². The molecule has 2 N–H and O–H groups in total. The van der Waals surface area contributed by atoms with Gasteiger partial charge in [-0.25, -0.2) is 4.57 Å². The summed E-state index contributed by atoms with van der Waals surface area (Å²) in [6, 6.07) is 0. The van der Waals surface area contributed by atoms with Crippen LogP contribution in [0.25, 0.3) is 0 Å². The van der Waals surface area contributed by atoms with Crippen molar-refractivity contribution in [3.05, 3.63) is 24.3 Å². The molecule has 0 aromatic heterocycles. The molecule has 0 spiro atoms. The number of carbonyl (C=O) groups is 2. The molecule has 330 valence electrons. The number of phosphoric ester groups is 1. The van der Waals surface area contributed by atoms with Gasteiger partial charge in [-0.1, -0.05) is 192 Å². The van der Waals surface area contributed by atoms with Crippen molar-refractivity contribution >= 4 is 19.8 Å². The van der Waals surface area contributed by atoms with Gasteiger partial charge >= 0.3 is 19.8 Å². The Morgan fingerprint density at radius 3 is 1.11 bits per heavy atom. The van der Waals surface area contributed by atoms with E-state index in [0.29, 0.717) is 6.42 Å². The minimum atomic E-state index is -4.75. The lowest BCUT2D eigenvalue weighted by Gasteiger charge is -2.18. The zero-order chi connectivity index (χ0) is 41.1. The van der Waals surface area contributed by atoms with E-state index in [1.54, 1.807) is 0 Å². The first-order valence-electron chi connectivity index (χ1n) is 23.6. The van der Waals surface area contributed by atoms with Crippen molar-refractivity contribution in [1.29, 1.82) is 0 Å². The number of unbranched alkanes of at least 4 members (excludes halogenated alkanes) is 30. The predicted molar refractivity (Wildman–Crippen MR) is 235 cm³/mol. The van der Waals surface area contributed by atoms with Crippen molar-refractivity contribution in [2.75, 3.05) is 13.2 Å². The molecule has 0 heterocycles. The molecular formula is C47H89O8P. The Bertz CT molecular complexity index is 962. The second-order valence-corrected chi connectivity index (χ2v) is 17.3. The van der Waals surface area contributed by atoms with Crippen LogP contribution in [0.5, 0.6) is 0 Å². The summed E-state index contributed by atoms with van der Waals surface area (Å²) >= 11 is 0. The molecule has 0 saturated heterocycles. The van der Waals surface area contributed by atoms with E-state index in [4.69, 9.17) is 19.3 Å². The molecule has 0 saturated carbocycles. The number of esters is 2. The minimum Gasteiger partial charge on any atom is -0.462 e. The summed E-state index contributed by atoms with van der Waals surface area (Å²) in [4.78, 5) is 43.0. The van der Waals surface area contributed by atoms with Gasteiger partial charge in [0.1, 0.15) is 6.61 Å². The number of rotatable bonds is 44. The Hall–Kier alpha value is -1.47. The standard InChI is InChI=1S/C47H89O8P/c1-3-5-7-9-11-13-15-17-19-21-22-23-24-26-28-30-32-34-36-38-40-42-47(49)55-45(44-54-56(50,51)52)43-53-46(48)41-39-37-35-33-31-29-27-25-20-18-16-14-12-10-8-6-4-2/h14,16-17,19,45H,3-13,15,18,20-44H2,1-2H3,(H2,50,51,52)/b16-14+,19-17+/t45-/m1/s1. The predicted octanol–water partition coefficient (Wildman–Crippen LogP) is 14.7. The fourth-order valence-electron chi connectivity index (χ4n) is 6.89. The van der Waals surface area contributed by atoms with E-state index >= 15 is 0 Å². The van der Waals surface area contributed by atoms with E-state index in [9.17, 15) is 14.2 Å². The van der Waals surface area contributed by atoms with Crippen molar-refractivity contribution in [3.8, 4) is 0 Å². The quantitative estimate of drug-likeness (QED) is 0.0270. The van der Waals surface area contributed by atoms with Crippen LogP contribution < -0.4 is 0 Å². The number of phosphoric acid groups is 1. The van der Waals surface area contributed by atoms with Crippen LogP contribution in [0.3, 0.4) is 0 Å². The van der Waals surface area contributed by atoms with Crippen molar-refractivity contribution in [2.45, 2.75) is 251 Å². The number of carbonyl (C=O) groups excluding carboxylic acids is 2. The molecule has 0 aliphatic rings.